The van der Waals surface area contributed by atoms with Crippen molar-refractivity contribution < 1.29 is 13.2 Å². The Bertz CT molecular complexity index is 563. The van der Waals surface area contributed by atoms with Gasteiger partial charge in [0.2, 0.25) is 0 Å². The molecule has 0 radical (unpaired) electrons. The van der Waals surface area contributed by atoms with Gasteiger partial charge in [0.25, 0.3) is 0 Å². The van der Waals surface area contributed by atoms with Crippen LogP contribution >= 0.6 is 0 Å². The summed E-state index contributed by atoms with van der Waals surface area (Å²) in [6, 6.07) is 4.97. The van der Waals surface area contributed by atoms with Crippen LogP contribution in [0.15, 0.2) is 53.7 Å². The highest BCUT2D eigenvalue weighted by molar-refractivity contribution is 6.08. The maximum atomic E-state index is 12.6. The Morgan fingerprint density at radius 2 is 1.83 bits per heavy atom. The van der Waals surface area contributed by atoms with Crippen LogP contribution in [0.4, 0.5) is 13.2 Å². The summed E-state index contributed by atoms with van der Waals surface area (Å²) >= 11 is 0. The van der Waals surface area contributed by atoms with Crippen LogP contribution in [0.1, 0.15) is 51.2 Å². The molecule has 0 heterocycles. The van der Waals surface area contributed by atoms with Crippen molar-refractivity contribution in [2.24, 2.45) is 10.9 Å². The van der Waals surface area contributed by atoms with E-state index in [0.717, 1.165) is 30.5 Å². The summed E-state index contributed by atoms with van der Waals surface area (Å²) in [6.07, 6.45) is 2.26. The molecule has 0 saturated heterocycles. The third kappa shape index (κ3) is 6.85. The summed E-state index contributed by atoms with van der Waals surface area (Å²) in [5, 5.41) is 0. The number of nitrogens with zero attached hydrogens (tertiary/aromatic N) is 1. The van der Waals surface area contributed by atoms with Crippen molar-refractivity contribution in [2.45, 2.75) is 46.2 Å². The predicted molar refractivity (Wildman–Crippen MR) is 90.6 cm³/mol. The van der Waals surface area contributed by atoms with Gasteiger partial charge >= 0.3 is 6.18 Å². The van der Waals surface area contributed by atoms with Gasteiger partial charge in [0.1, 0.15) is 0 Å². The Labute approximate surface area is 136 Å². The molecule has 0 spiro atoms. The molecule has 1 nitrogen and oxygen atoms in total. The zero-order valence-electron chi connectivity index (χ0n) is 14.0. The van der Waals surface area contributed by atoms with Gasteiger partial charge in [0.05, 0.1) is 11.3 Å². The molecule has 23 heavy (non-hydrogen) atoms. The minimum atomic E-state index is -4.32. The highest BCUT2D eigenvalue weighted by atomic mass is 19.4. The second-order valence-corrected chi connectivity index (χ2v) is 6.06. The van der Waals surface area contributed by atoms with Crippen molar-refractivity contribution in [3.05, 3.63) is 59.8 Å². The molecule has 1 aromatic carbocycles. The Balaban J connectivity index is 2.81. The van der Waals surface area contributed by atoms with Gasteiger partial charge in [0, 0.05) is 11.8 Å². The average Bonchev–Trinajstić information content (AvgIpc) is 2.47. The molecule has 0 unspecified atom stereocenters. The van der Waals surface area contributed by atoms with Crippen molar-refractivity contribution in [2.75, 3.05) is 0 Å². The number of hydrogen-bond donors (Lipinski definition) is 0. The number of allylic oxidation sites excluding steroid dienone is 2. The van der Waals surface area contributed by atoms with Crippen LogP contribution in [-0.2, 0) is 6.18 Å². The van der Waals surface area contributed by atoms with E-state index in [1.54, 1.807) is 12.3 Å². The minimum Gasteiger partial charge on any atom is -0.256 e. The number of hydrogen-bond acceptors (Lipinski definition) is 1. The van der Waals surface area contributed by atoms with Gasteiger partial charge in [-0.1, -0.05) is 44.6 Å². The van der Waals surface area contributed by atoms with Crippen molar-refractivity contribution in [1.82, 2.24) is 0 Å². The van der Waals surface area contributed by atoms with Crippen LogP contribution in [0.25, 0.3) is 0 Å². The lowest BCUT2D eigenvalue weighted by molar-refractivity contribution is -0.137. The molecule has 1 aromatic rings. The van der Waals surface area contributed by atoms with Gasteiger partial charge in [-0.2, -0.15) is 13.2 Å². The van der Waals surface area contributed by atoms with Gasteiger partial charge in [-0.3, -0.25) is 4.99 Å². The van der Waals surface area contributed by atoms with Crippen LogP contribution in [0.5, 0.6) is 0 Å². The molecular weight excluding hydrogens is 299 g/mol. The Kier molecular flexibility index (Phi) is 7.27. The second-order valence-electron chi connectivity index (χ2n) is 6.06. The van der Waals surface area contributed by atoms with E-state index in [2.05, 4.69) is 25.4 Å². The van der Waals surface area contributed by atoms with Crippen molar-refractivity contribution in [3.63, 3.8) is 0 Å². The first kappa shape index (κ1) is 19.2. The van der Waals surface area contributed by atoms with Crippen LogP contribution in [0, 0.1) is 5.92 Å². The van der Waals surface area contributed by atoms with E-state index in [4.69, 9.17) is 0 Å². The summed E-state index contributed by atoms with van der Waals surface area (Å²) in [4.78, 5) is 4.36. The monoisotopic (exact) mass is 323 g/mol. The quantitative estimate of drug-likeness (QED) is 0.514. The molecule has 0 N–H and O–H groups in total. The molecule has 0 bridgehead atoms. The third-order valence-electron chi connectivity index (χ3n) is 3.48. The second kappa shape index (κ2) is 8.70. The normalized spacial score (nSPS) is 13.5. The number of aliphatic imine (C=N–C) groups is 1. The number of rotatable bonds is 7. The fourth-order valence-corrected chi connectivity index (χ4v) is 2.11. The predicted octanol–water partition coefficient (Wildman–Crippen LogP) is 6.41. The number of benzene rings is 1. The zero-order chi connectivity index (χ0) is 17.5. The first-order valence-electron chi connectivity index (χ1n) is 7.77. The fraction of sp³-hybridized carbons (Fsp3) is 0.421. The van der Waals surface area contributed by atoms with Crippen molar-refractivity contribution >= 4 is 5.71 Å². The Morgan fingerprint density at radius 1 is 1.22 bits per heavy atom. The number of alkyl halides is 3. The molecule has 1 rings (SSSR count). The van der Waals surface area contributed by atoms with Crippen molar-refractivity contribution in [1.29, 1.82) is 0 Å². The van der Waals surface area contributed by atoms with Gasteiger partial charge in [-0.25, -0.2) is 0 Å². The molecule has 0 amide bonds. The summed E-state index contributed by atoms with van der Waals surface area (Å²) in [7, 11) is 0. The summed E-state index contributed by atoms with van der Waals surface area (Å²) in [5.74, 6) is 0.683. The highest BCUT2D eigenvalue weighted by Crippen LogP contribution is 2.29. The number of halogens is 3. The molecule has 0 aliphatic heterocycles. The average molecular weight is 323 g/mol. The van der Waals surface area contributed by atoms with Gasteiger partial charge in [-0.15, -0.1) is 0 Å². The molecule has 0 fully saturated rings. The first-order chi connectivity index (χ1) is 10.7. The topological polar surface area (TPSA) is 12.4 Å². The zero-order valence-corrected chi connectivity index (χ0v) is 14.0. The maximum Gasteiger partial charge on any atom is 0.416 e. The van der Waals surface area contributed by atoms with E-state index < -0.39 is 11.7 Å². The molecule has 126 valence electrons. The first-order valence-corrected chi connectivity index (χ1v) is 7.77. The smallest absolute Gasteiger partial charge is 0.256 e. The van der Waals surface area contributed by atoms with Crippen LogP contribution in [-0.4, -0.2) is 5.71 Å². The summed E-state index contributed by atoms with van der Waals surface area (Å²) in [6.45, 7) is 10.1. The SMILES string of the molecule is C=C/C(=N\C=C(/C)CCCC(C)C)c1ccc(C(F)(F)F)cc1. The third-order valence-corrected chi connectivity index (χ3v) is 3.48. The minimum absolute atomic E-state index is 0.571. The summed E-state index contributed by atoms with van der Waals surface area (Å²) in [5.41, 5.74) is 1.68. The summed E-state index contributed by atoms with van der Waals surface area (Å²) < 4.78 is 37.7. The largest absolute Gasteiger partial charge is 0.416 e. The highest BCUT2D eigenvalue weighted by Gasteiger charge is 2.29. The maximum absolute atomic E-state index is 12.6. The van der Waals surface area contributed by atoms with E-state index in [-0.39, 0.29) is 0 Å². The lowest BCUT2D eigenvalue weighted by atomic mass is 10.0. The van der Waals surface area contributed by atoms with Crippen LogP contribution < -0.4 is 0 Å². The molecule has 4 heteroatoms. The van der Waals surface area contributed by atoms with E-state index in [1.165, 1.54) is 18.6 Å². The van der Waals surface area contributed by atoms with E-state index in [0.29, 0.717) is 17.2 Å². The van der Waals surface area contributed by atoms with Gasteiger partial charge < -0.3 is 0 Å². The molecule has 0 atom stereocenters. The Hall–Kier alpha value is -1.84. The lowest BCUT2D eigenvalue weighted by Crippen LogP contribution is -2.05. The van der Waals surface area contributed by atoms with E-state index in [1.807, 2.05) is 6.92 Å². The van der Waals surface area contributed by atoms with Gasteiger partial charge in [0.15, 0.2) is 0 Å². The van der Waals surface area contributed by atoms with Crippen LogP contribution in [0.2, 0.25) is 0 Å². The molecular formula is C19H24F3N. The van der Waals surface area contributed by atoms with E-state index in [9.17, 15) is 13.2 Å². The molecule has 0 aliphatic carbocycles. The van der Waals surface area contributed by atoms with Crippen LogP contribution in [0.3, 0.4) is 0 Å². The Morgan fingerprint density at radius 3 is 2.30 bits per heavy atom. The van der Waals surface area contributed by atoms with Crippen molar-refractivity contribution in [3.8, 4) is 0 Å². The fourth-order valence-electron chi connectivity index (χ4n) is 2.11. The standard InChI is InChI=1S/C19H24F3N/c1-5-18(23-13-15(4)8-6-7-14(2)3)16-9-11-17(12-10-16)19(20,21)22/h5,9-14H,1,6-8H2,2-4H3/b15-13+,23-18+. The van der Waals surface area contributed by atoms with Gasteiger partial charge in [-0.05, 0) is 43.9 Å². The molecule has 0 aromatic heterocycles. The molecule has 0 saturated carbocycles. The lowest BCUT2D eigenvalue weighted by Gasteiger charge is -2.07. The molecule has 0 aliphatic rings. The van der Waals surface area contributed by atoms with E-state index >= 15 is 0 Å².